The number of nitrogens with zero attached hydrogens (tertiary/aromatic N) is 1. The van der Waals surface area contributed by atoms with Gasteiger partial charge in [-0.25, -0.2) is 5.43 Å². The molecule has 0 spiro atoms. The van der Waals surface area contributed by atoms with Gasteiger partial charge in [0.1, 0.15) is 0 Å². The van der Waals surface area contributed by atoms with Crippen LogP contribution in [0, 0.1) is 6.92 Å². The van der Waals surface area contributed by atoms with E-state index < -0.39 is 0 Å². The summed E-state index contributed by atoms with van der Waals surface area (Å²) in [5, 5.41) is 5.88. The van der Waals surface area contributed by atoms with Crippen LogP contribution in [0.3, 0.4) is 0 Å². The molecule has 14 heavy (non-hydrogen) atoms. The molecule has 1 amide bonds. The molecule has 0 atom stereocenters. The molecule has 0 bridgehead atoms. The molecule has 0 radical (unpaired) electrons. The van der Waals surface area contributed by atoms with Gasteiger partial charge in [-0.2, -0.15) is 5.10 Å². The Morgan fingerprint density at radius 1 is 1.71 bits per heavy atom. The Hall–Kier alpha value is -1.16. The van der Waals surface area contributed by atoms with Crippen LogP contribution in [0.5, 0.6) is 0 Å². The molecule has 1 aromatic heterocycles. The maximum Gasteiger partial charge on any atom is 0.240 e. The monoisotopic (exact) mass is 210 g/mol. The molecular formula is C10H14N2OS. The highest BCUT2D eigenvalue weighted by molar-refractivity contribution is 7.11. The second-order valence-electron chi connectivity index (χ2n) is 3.01. The van der Waals surface area contributed by atoms with Crippen LogP contribution in [-0.4, -0.2) is 12.1 Å². The first-order chi connectivity index (χ1) is 6.74. The number of carbonyl (C=O) groups is 1. The summed E-state index contributed by atoms with van der Waals surface area (Å²) in [5.74, 6) is -0.0297. The zero-order valence-corrected chi connectivity index (χ0v) is 9.23. The summed E-state index contributed by atoms with van der Waals surface area (Å²) in [5.41, 5.74) is 3.67. The molecule has 1 heterocycles. The van der Waals surface area contributed by atoms with Gasteiger partial charge in [0.25, 0.3) is 0 Å². The summed E-state index contributed by atoms with van der Waals surface area (Å²) >= 11 is 1.61. The maximum absolute atomic E-state index is 11.0. The van der Waals surface area contributed by atoms with Crippen molar-refractivity contribution in [2.45, 2.75) is 26.7 Å². The van der Waals surface area contributed by atoms with Crippen LogP contribution in [0.1, 0.15) is 30.2 Å². The standard InChI is InChI=1S/C10H14N2OS/c1-3-4-10(13)12-11-7-9-8(2)5-6-14-9/h5-7H,3-4H2,1-2H3,(H,12,13). The highest BCUT2D eigenvalue weighted by atomic mass is 32.1. The van der Waals surface area contributed by atoms with Crippen LogP contribution in [0.2, 0.25) is 0 Å². The average molecular weight is 210 g/mol. The Labute approximate surface area is 87.8 Å². The zero-order valence-electron chi connectivity index (χ0n) is 8.41. The SMILES string of the molecule is CCCC(=O)NN=Cc1sccc1C. The quantitative estimate of drug-likeness (QED) is 0.601. The van der Waals surface area contributed by atoms with Crippen LogP contribution in [0.15, 0.2) is 16.5 Å². The van der Waals surface area contributed by atoms with Crippen LogP contribution in [0.4, 0.5) is 0 Å². The van der Waals surface area contributed by atoms with Gasteiger partial charge in [-0.3, -0.25) is 4.79 Å². The van der Waals surface area contributed by atoms with Crippen LogP contribution >= 0.6 is 11.3 Å². The lowest BCUT2D eigenvalue weighted by Gasteiger charge is -1.95. The van der Waals surface area contributed by atoms with E-state index in [-0.39, 0.29) is 5.91 Å². The third-order valence-corrected chi connectivity index (χ3v) is 2.70. The minimum absolute atomic E-state index is 0.0297. The summed E-state index contributed by atoms with van der Waals surface area (Å²) in [6.07, 6.45) is 3.06. The van der Waals surface area contributed by atoms with Gasteiger partial charge >= 0.3 is 0 Å². The third-order valence-electron chi connectivity index (χ3n) is 1.75. The normalized spacial score (nSPS) is 10.7. The van der Waals surface area contributed by atoms with Crippen molar-refractivity contribution in [1.29, 1.82) is 0 Å². The van der Waals surface area contributed by atoms with Crippen LogP contribution in [0.25, 0.3) is 0 Å². The topological polar surface area (TPSA) is 41.5 Å². The predicted molar refractivity (Wildman–Crippen MR) is 59.7 cm³/mol. The van der Waals surface area contributed by atoms with Crippen molar-refractivity contribution in [1.82, 2.24) is 5.43 Å². The summed E-state index contributed by atoms with van der Waals surface area (Å²) < 4.78 is 0. The smallest absolute Gasteiger partial charge is 0.240 e. The van der Waals surface area contributed by atoms with Crippen molar-refractivity contribution < 1.29 is 4.79 Å². The number of rotatable bonds is 4. The van der Waals surface area contributed by atoms with E-state index in [0.29, 0.717) is 6.42 Å². The van der Waals surface area contributed by atoms with E-state index in [4.69, 9.17) is 0 Å². The molecule has 4 heteroatoms. The fraction of sp³-hybridized carbons (Fsp3) is 0.400. The molecule has 0 aliphatic rings. The van der Waals surface area contributed by atoms with Gasteiger partial charge in [-0.05, 0) is 30.4 Å². The molecule has 0 fully saturated rings. The number of nitrogens with one attached hydrogen (secondary N) is 1. The van der Waals surface area contributed by atoms with Gasteiger partial charge in [-0.15, -0.1) is 11.3 Å². The molecule has 1 rings (SSSR count). The van der Waals surface area contributed by atoms with Gasteiger partial charge in [0.2, 0.25) is 5.91 Å². The van der Waals surface area contributed by atoms with E-state index in [1.54, 1.807) is 17.6 Å². The molecule has 1 aromatic rings. The summed E-state index contributed by atoms with van der Waals surface area (Å²) in [4.78, 5) is 12.1. The Bertz CT molecular complexity index is 331. The first kappa shape index (κ1) is 10.9. The number of hydrogen-bond acceptors (Lipinski definition) is 3. The Morgan fingerprint density at radius 2 is 2.50 bits per heavy atom. The zero-order chi connectivity index (χ0) is 10.4. The molecule has 1 N–H and O–H groups in total. The van der Waals surface area contributed by atoms with Gasteiger partial charge in [-0.1, -0.05) is 6.92 Å². The first-order valence-electron chi connectivity index (χ1n) is 4.60. The van der Waals surface area contributed by atoms with E-state index in [1.165, 1.54) is 5.56 Å². The second-order valence-corrected chi connectivity index (χ2v) is 3.96. The lowest BCUT2D eigenvalue weighted by atomic mass is 10.3. The minimum Gasteiger partial charge on any atom is -0.273 e. The van der Waals surface area contributed by atoms with Gasteiger partial charge in [0.05, 0.1) is 6.21 Å². The van der Waals surface area contributed by atoms with E-state index >= 15 is 0 Å². The molecule has 0 saturated carbocycles. The Balaban J connectivity index is 2.42. The van der Waals surface area contributed by atoms with E-state index in [9.17, 15) is 4.79 Å². The maximum atomic E-state index is 11.0. The molecule has 76 valence electrons. The predicted octanol–water partition coefficient (Wildman–Crippen LogP) is 2.31. The summed E-state index contributed by atoms with van der Waals surface area (Å²) in [7, 11) is 0. The Morgan fingerprint density at radius 3 is 3.07 bits per heavy atom. The fourth-order valence-electron chi connectivity index (χ4n) is 0.963. The molecule has 0 aliphatic heterocycles. The summed E-state index contributed by atoms with van der Waals surface area (Å²) in [6.45, 7) is 3.98. The van der Waals surface area contributed by atoms with E-state index in [0.717, 1.165) is 11.3 Å². The number of carbonyl (C=O) groups excluding carboxylic acids is 1. The summed E-state index contributed by atoms with van der Waals surface area (Å²) in [6, 6.07) is 2.03. The van der Waals surface area contributed by atoms with Crippen molar-refractivity contribution >= 4 is 23.5 Å². The Kier molecular flexibility index (Phi) is 4.32. The number of amides is 1. The highest BCUT2D eigenvalue weighted by Crippen LogP contribution is 2.12. The van der Waals surface area contributed by atoms with Crippen molar-refractivity contribution in [3.8, 4) is 0 Å². The van der Waals surface area contributed by atoms with Crippen LogP contribution < -0.4 is 5.43 Å². The fourth-order valence-corrected chi connectivity index (χ4v) is 1.75. The first-order valence-corrected chi connectivity index (χ1v) is 5.48. The van der Waals surface area contributed by atoms with Crippen molar-refractivity contribution in [3.05, 3.63) is 21.9 Å². The average Bonchev–Trinajstić information content (AvgIpc) is 2.52. The minimum atomic E-state index is -0.0297. The van der Waals surface area contributed by atoms with Gasteiger partial charge < -0.3 is 0 Å². The van der Waals surface area contributed by atoms with Crippen LogP contribution in [-0.2, 0) is 4.79 Å². The lowest BCUT2D eigenvalue weighted by molar-refractivity contribution is -0.121. The number of hydrogen-bond donors (Lipinski definition) is 1. The lowest BCUT2D eigenvalue weighted by Crippen LogP contribution is -2.16. The molecule has 0 aromatic carbocycles. The highest BCUT2D eigenvalue weighted by Gasteiger charge is 1.97. The van der Waals surface area contributed by atoms with E-state index in [2.05, 4.69) is 10.5 Å². The number of hydrazone groups is 1. The van der Waals surface area contributed by atoms with Crippen molar-refractivity contribution in [3.63, 3.8) is 0 Å². The largest absolute Gasteiger partial charge is 0.273 e. The third kappa shape index (κ3) is 3.30. The van der Waals surface area contributed by atoms with Crippen molar-refractivity contribution in [2.24, 2.45) is 5.10 Å². The number of aryl methyl sites for hydroxylation is 1. The molecule has 0 unspecified atom stereocenters. The molecule has 0 saturated heterocycles. The second kappa shape index (κ2) is 5.54. The molecular weight excluding hydrogens is 196 g/mol. The van der Waals surface area contributed by atoms with E-state index in [1.807, 2.05) is 25.3 Å². The van der Waals surface area contributed by atoms with Crippen molar-refractivity contribution in [2.75, 3.05) is 0 Å². The number of thiophene rings is 1. The van der Waals surface area contributed by atoms with Gasteiger partial charge in [0.15, 0.2) is 0 Å². The molecule has 0 aliphatic carbocycles. The van der Waals surface area contributed by atoms with Gasteiger partial charge in [0, 0.05) is 11.3 Å². The molecule has 3 nitrogen and oxygen atoms in total.